The smallest absolute Gasteiger partial charge is 0.0601 e. The summed E-state index contributed by atoms with van der Waals surface area (Å²) >= 11 is 1.54. The van der Waals surface area contributed by atoms with Gasteiger partial charge in [0, 0.05) is 16.8 Å². The van der Waals surface area contributed by atoms with Crippen LogP contribution in [0, 0.1) is 0 Å². The lowest BCUT2D eigenvalue weighted by atomic mass is 9.85. The fourth-order valence-corrected chi connectivity index (χ4v) is 2.69. The molecule has 2 rings (SSSR count). The van der Waals surface area contributed by atoms with Gasteiger partial charge in [0.2, 0.25) is 0 Å². The van der Waals surface area contributed by atoms with E-state index in [0.717, 1.165) is 12.8 Å². The molecule has 2 atom stereocenters. The lowest BCUT2D eigenvalue weighted by Gasteiger charge is -2.20. The highest BCUT2D eigenvalue weighted by atomic mass is 32.1. The second kappa shape index (κ2) is 2.82. The number of hydrogen-bond acceptors (Lipinski definition) is 3. The molecule has 1 heterocycles. The van der Waals surface area contributed by atoms with Crippen molar-refractivity contribution in [1.82, 2.24) is 4.37 Å². The molecule has 2 N–H and O–H groups in total. The molecule has 2 unspecified atom stereocenters. The summed E-state index contributed by atoms with van der Waals surface area (Å²) in [7, 11) is 0. The van der Waals surface area contributed by atoms with Gasteiger partial charge in [-0.1, -0.05) is 6.92 Å². The molecule has 1 aliphatic rings. The van der Waals surface area contributed by atoms with Gasteiger partial charge in [0.15, 0.2) is 0 Å². The molecular weight excluding hydrogens is 168 g/mol. The summed E-state index contributed by atoms with van der Waals surface area (Å²) in [6.07, 6.45) is 3.43. The second-order valence-electron chi connectivity index (χ2n) is 3.95. The summed E-state index contributed by atoms with van der Waals surface area (Å²) in [5, 5.41) is 2.05. The fourth-order valence-electron chi connectivity index (χ4n) is 2.04. The van der Waals surface area contributed by atoms with Gasteiger partial charge in [-0.2, -0.15) is 4.37 Å². The van der Waals surface area contributed by atoms with Crippen LogP contribution in [0.2, 0.25) is 0 Å². The van der Waals surface area contributed by atoms with Crippen molar-refractivity contribution in [3.8, 4) is 0 Å². The minimum atomic E-state index is 0.263. The Morgan fingerprint density at radius 1 is 1.75 bits per heavy atom. The third kappa shape index (κ3) is 1.27. The molecular formula is C9H14N2S. The van der Waals surface area contributed by atoms with Crippen LogP contribution in [0.15, 0.2) is 11.4 Å². The van der Waals surface area contributed by atoms with Crippen molar-refractivity contribution < 1.29 is 0 Å². The molecule has 1 saturated carbocycles. The Hall–Kier alpha value is -0.410. The number of nitrogens with two attached hydrogens (primary N) is 1. The number of nitrogens with zero attached hydrogens (tertiary/aromatic N) is 1. The highest BCUT2D eigenvalue weighted by molar-refractivity contribution is 7.03. The molecule has 0 aromatic carbocycles. The van der Waals surface area contributed by atoms with E-state index in [2.05, 4.69) is 17.4 Å². The molecule has 66 valence electrons. The predicted molar refractivity (Wildman–Crippen MR) is 51.3 cm³/mol. The highest BCUT2D eigenvalue weighted by Crippen LogP contribution is 2.39. The fraction of sp³-hybridized carbons (Fsp3) is 0.667. The van der Waals surface area contributed by atoms with Crippen molar-refractivity contribution in [2.24, 2.45) is 5.73 Å². The molecule has 1 aromatic rings. The minimum Gasteiger partial charge on any atom is -0.328 e. The Balaban J connectivity index is 2.23. The standard InChI is InChI=1S/C9H14N2S/c1-9(4-2-7(10)6-9)8-3-5-12-11-8/h3,5,7H,2,4,6,10H2,1H3. The van der Waals surface area contributed by atoms with E-state index in [9.17, 15) is 0 Å². The van der Waals surface area contributed by atoms with Gasteiger partial charge in [0.25, 0.3) is 0 Å². The summed E-state index contributed by atoms with van der Waals surface area (Å²) in [5.41, 5.74) is 7.39. The summed E-state index contributed by atoms with van der Waals surface area (Å²) in [4.78, 5) is 0. The lowest BCUT2D eigenvalue weighted by Crippen LogP contribution is -2.22. The van der Waals surface area contributed by atoms with Crippen LogP contribution in [0.4, 0.5) is 0 Å². The van der Waals surface area contributed by atoms with Gasteiger partial charge in [0.1, 0.15) is 0 Å². The van der Waals surface area contributed by atoms with Crippen LogP contribution in [-0.2, 0) is 5.41 Å². The highest BCUT2D eigenvalue weighted by Gasteiger charge is 2.36. The number of aromatic nitrogens is 1. The van der Waals surface area contributed by atoms with Crippen molar-refractivity contribution >= 4 is 11.5 Å². The molecule has 0 spiro atoms. The molecule has 2 nitrogen and oxygen atoms in total. The predicted octanol–water partition coefficient (Wildman–Crippen LogP) is 1.91. The Kier molecular flexibility index (Phi) is 1.93. The van der Waals surface area contributed by atoms with Gasteiger partial charge in [-0.15, -0.1) is 0 Å². The molecule has 3 heteroatoms. The third-order valence-corrected chi connectivity index (χ3v) is 3.40. The van der Waals surface area contributed by atoms with Crippen molar-refractivity contribution in [2.75, 3.05) is 0 Å². The first-order valence-corrected chi connectivity index (χ1v) is 5.21. The normalized spacial score (nSPS) is 35.7. The average molecular weight is 182 g/mol. The minimum absolute atomic E-state index is 0.263. The summed E-state index contributed by atoms with van der Waals surface area (Å²) in [5.74, 6) is 0. The first kappa shape index (κ1) is 8.20. The van der Waals surface area contributed by atoms with Crippen LogP contribution in [0.5, 0.6) is 0 Å². The molecule has 0 saturated heterocycles. The Bertz CT molecular complexity index is 258. The van der Waals surface area contributed by atoms with Gasteiger partial charge < -0.3 is 5.73 Å². The van der Waals surface area contributed by atoms with Crippen LogP contribution in [0.3, 0.4) is 0 Å². The van der Waals surface area contributed by atoms with E-state index in [1.54, 1.807) is 0 Å². The molecule has 1 aromatic heterocycles. The maximum absolute atomic E-state index is 5.89. The van der Waals surface area contributed by atoms with E-state index >= 15 is 0 Å². The van der Waals surface area contributed by atoms with Gasteiger partial charge in [-0.25, -0.2) is 0 Å². The van der Waals surface area contributed by atoms with Gasteiger partial charge in [-0.3, -0.25) is 0 Å². The second-order valence-corrected chi connectivity index (χ2v) is 4.61. The van der Waals surface area contributed by atoms with Crippen LogP contribution in [-0.4, -0.2) is 10.4 Å². The van der Waals surface area contributed by atoms with Crippen molar-refractivity contribution in [1.29, 1.82) is 0 Å². The zero-order valence-corrected chi connectivity index (χ0v) is 8.10. The van der Waals surface area contributed by atoms with Crippen molar-refractivity contribution in [3.63, 3.8) is 0 Å². The van der Waals surface area contributed by atoms with Crippen molar-refractivity contribution in [3.05, 3.63) is 17.1 Å². The number of rotatable bonds is 1. The first-order valence-electron chi connectivity index (χ1n) is 4.37. The van der Waals surface area contributed by atoms with Crippen LogP contribution in [0.25, 0.3) is 0 Å². The van der Waals surface area contributed by atoms with Crippen LogP contribution in [0.1, 0.15) is 31.9 Å². The molecule has 1 fully saturated rings. The van der Waals surface area contributed by atoms with E-state index in [4.69, 9.17) is 5.73 Å². The quantitative estimate of drug-likeness (QED) is 0.720. The van der Waals surface area contributed by atoms with Gasteiger partial charge >= 0.3 is 0 Å². The van der Waals surface area contributed by atoms with E-state index < -0.39 is 0 Å². The average Bonchev–Trinajstić information content (AvgIpc) is 2.59. The Morgan fingerprint density at radius 2 is 2.58 bits per heavy atom. The molecule has 0 amide bonds. The van der Waals surface area contributed by atoms with Crippen LogP contribution < -0.4 is 5.73 Å². The summed E-state index contributed by atoms with van der Waals surface area (Å²) in [6, 6.07) is 2.51. The SMILES string of the molecule is CC1(c2ccsn2)CCC(N)C1. The molecule has 12 heavy (non-hydrogen) atoms. The Labute approximate surface area is 77.0 Å². The number of hydrogen-bond donors (Lipinski definition) is 1. The maximum atomic E-state index is 5.89. The first-order chi connectivity index (χ1) is 5.71. The maximum Gasteiger partial charge on any atom is 0.0601 e. The van der Waals surface area contributed by atoms with Gasteiger partial charge in [-0.05, 0) is 36.9 Å². The largest absolute Gasteiger partial charge is 0.328 e. The van der Waals surface area contributed by atoms with E-state index in [1.165, 1.54) is 23.6 Å². The zero-order chi connectivity index (χ0) is 8.60. The summed E-state index contributed by atoms with van der Waals surface area (Å²) in [6.45, 7) is 2.27. The molecule has 0 aliphatic heterocycles. The third-order valence-electron chi connectivity index (χ3n) is 2.84. The lowest BCUT2D eigenvalue weighted by molar-refractivity contribution is 0.472. The Morgan fingerprint density at radius 3 is 3.08 bits per heavy atom. The van der Waals surface area contributed by atoms with Crippen molar-refractivity contribution in [2.45, 2.75) is 37.6 Å². The topological polar surface area (TPSA) is 38.9 Å². The van der Waals surface area contributed by atoms with E-state index in [-0.39, 0.29) is 5.41 Å². The summed E-state index contributed by atoms with van der Waals surface area (Å²) < 4.78 is 4.39. The molecule has 0 radical (unpaired) electrons. The molecule has 1 aliphatic carbocycles. The molecule has 0 bridgehead atoms. The van der Waals surface area contributed by atoms with Gasteiger partial charge in [0.05, 0.1) is 5.69 Å². The van der Waals surface area contributed by atoms with E-state index in [1.807, 2.05) is 5.38 Å². The van der Waals surface area contributed by atoms with Crippen LogP contribution >= 0.6 is 11.5 Å². The monoisotopic (exact) mass is 182 g/mol. The zero-order valence-electron chi connectivity index (χ0n) is 7.29. The van der Waals surface area contributed by atoms with E-state index in [0.29, 0.717) is 6.04 Å².